The van der Waals surface area contributed by atoms with Crippen molar-refractivity contribution in [3.05, 3.63) is 46.4 Å². The van der Waals surface area contributed by atoms with Gasteiger partial charge in [-0.2, -0.15) is 5.10 Å². The zero-order valence-corrected chi connectivity index (χ0v) is 13.6. The first kappa shape index (κ1) is 15.3. The minimum atomic E-state index is -0.148. The SMILES string of the molecule is CCN(CC)C(=O)c1cc2c(=O)n(CC)c3ccccc3n2n1. The van der Waals surface area contributed by atoms with Crippen LogP contribution in [0.3, 0.4) is 0 Å². The van der Waals surface area contributed by atoms with Crippen molar-refractivity contribution in [1.29, 1.82) is 0 Å². The fourth-order valence-electron chi connectivity index (χ4n) is 2.93. The van der Waals surface area contributed by atoms with E-state index < -0.39 is 0 Å². The van der Waals surface area contributed by atoms with E-state index in [1.165, 1.54) is 0 Å². The van der Waals surface area contributed by atoms with Crippen LogP contribution in [0.1, 0.15) is 31.3 Å². The quantitative estimate of drug-likeness (QED) is 0.741. The standard InChI is InChI=1S/C17H20N4O2/c1-4-19(5-2)16(22)12-11-15-17(23)20(6-3)13-9-7-8-10-14(13)21(15)18-12/h7-11H,4-6H2,1-3H3. The van der Waals surface area contributed by atoms with E-state index in [1.54, 1.807) is 20.0 Å². The average molecular weight is 312 g/mol. The summed E-state index contributed by atoms with van der Waals surface area (Å²) >= 11 is 0. The third kappa shape index (κ3) is 2.30. The molecule has 0 atom stereocenters. The number of carbonyl (C=O) groups is 1. The molecule has 0 unspecified atom stereocenters. The number of benzene rings is 1. The largest absolute Gasteiger partial charge is 0.338 e. The molecular weight excluding hydrogens is 292 g/mol. The van der Waals surface area contributed by atoms with Gasteiger partial charge in [0.1, 0.15) is 5.52 Å². The average Bonchev–Trinajstić information content (AvgIpc) is 3.02. The van der Waals surface area contributed by atoms with Gasteiger partial charge >= 0.3 is 0 Å². The summed E-state index contributed by atoms with van der Waals surface area (Å²) in [6, 6.07) is 9.20. The Morgan fingerprint density at radius 2 is 1.74 bits per heavy atom. The van der Waals surface area contributed by atoms with Gasteiger partial charge in [-0.3, -0.25) is 9.59 Å². The van der Waals surface area contributed by atoms with Crippen LogP contribution in [0.2, 0.25) is 0 Å². The molecule has 2 heterocycles. The number of aromatic nitrogens is 3. The molecule has 0 aliphatic rings. The summed E-state index contributed by atoms with van der Waals surface area (Å²) < 4.78 is 3.29. The molecule has 120 valence electrons. The van der Waals surface area contributed by atoms with E-state index in [1.807, 2.05) is 45.0 Å². The lowest BCUT2D eigenvalue weighted by molar-refractivity contribution is 0.0767. The number of aryl methyl sites for hydroxylation is 1. The van der Waals surface area contributed by atoms with Crippen LogP contribution in [-0.2, 0) is 6.54 Å². The molecule has 0 radical (unpaired) electrons. The zero-order chi connectivity index (χ0) is 16.6. The smallest absolute Gasteiger partial charge is 0.277 e. The highest BCUT2D eigenvalue weighted by Crippen LogP contribution is 2.15. The van der Waals surface area contributed by atoms with E-state index in [-0.39, 0.29) is 11.5 Å². The van der Waals surface area contributed by atoms with E-state index in [0.29, 0.717) is 30.8 Å². The second kappa shape index (κ2) is 5.87. The highest BCUT2D eigenvalue weighted by atomic mass is 16.2. The highest BCUT2D eigenvalue weighted by molar-refractivity contribution is 5.94. The van der Waals surface area contributed by atoms with Crippen molar-refractivity contribution in [2.75, 3.05) is 13.1 Å². The summed E-state index contributed by atoms with van der Waals surface area (Å²) in [6.07, 6.45) is 0. The molecule has 0 aliphatic carbocycles. The number of rotatable bonds is 4. The van der Waals surface area contributed by atoms with Crippen LogP contribution in [0.25, 0.3) is 16.6 Å². The van der Waals surface area contributed by atoms with Crippen molar-refractivity contribution >= 4 is 22.5 Å². The maximum absolute atomic E-state index is 12.7. The number of nitrogens with zero attached hydrogens (tertiary/aromatic N) is 4. The van der Waals surface area contributed by atoms with Gasteiger partial charge in [-0.15, -0.1) is 0 Å². The molecule has 3 aromatic rings. The Hall–Kier alpha value is -2.63. The van der Waals surface area contributed by atoms with Gasteiger partial charge in [0.2, 0.25) is 0 Å². The summed E-state index contributed by atoms with van der Waals surface area (Å²) in [5.41, 5.74) is 2.25. The topological polar surface area (TPSA) is 59.6 Å². The fraction of sp³-hybridized carbons (Fsp3) is 0.353. The summed E-state index contributed by atoms with van der Waals surface area (Å²) in [4.78, 5) is 26.9. The highest BCUT2D eigenvalue weighted by Gasteiger charge is 2.19. The molecule has 0 spiro atoms. The summed E-state index contributed by atoms with van der Waals surface area (Å²) in [7, 11) is 0. The van der Waals surface area contributed by atoms with Gasteiger partial charge in [-0.05, 0) is 32.9 Å². The molecule has 0 fully saturated rings. The second-order valence-corrected chi connectivity index (χ2v) is 5.34. The Labute approximate surface area is 133 Å². The molecule has 23 heavy (non-hydrogen) atoms. The van der Waals surface area contributed by atoms with E-state index in [4.69, 9.17) is 0 Å². The lowest BCUT2D eigenvalue weighted by Crippen LogP contribution is -2.30. The Morgan fingerprint density at radius 3 is 2.35 bits per heavy atom. The molecule has 0 saturated heterocycles. The van der Waals surface area contributed by atoms with Crippen LogP contribution in [-0.4, -0.2) is 38.1 Å². The van der Waals surface area contributed by atoms with Gasteiger partial charge in [0.05, 0.1) is 11.0 Å². The Morgan fingerprint density at radius 1 is 1.09 bits per heavy atom. The predicted octanol–water partition coefficient (Wildman–Crippen LogP) is 2.15. The van der Waals surface area contributed by atoms with Gasteiger partial charge in [0.25, 0.3) is 11.5 Å². The minimum absolute atomic E-state index is 0.128. The van der Waals surface area contributed by atoms with E-state index >= 15 is 0 Å². The molecule has 0 N–H and O–H groups in total. The van der Waals surface area contributed by atoms with Crippen LogP contribution in [0, 0.1) is 0 Å². The van der Waals surface area contributed by atoms with Crippen molar-refractivity contribution in [3.8, 4) is 0 Å². The molecular formula is C17H20N4O2. The summed E-state index contributed by atoms with van der Waals surface area (Å²) in [5, 5.41) is 4.41. The molecule has 0 bridgehead atoms. The first-order valence-electron chi connectivity index (χ1n) is 7.92. The molecule has 2 aromatic heterocycles. The van der Waals surface area contributed by atoms with Gasteiger partial charge in [0, 0.05) is 25.7 Å². The zero-order valence-electron chi connectivity index (χ0n) is 13.6. The third-order valence-corrected chi connectivity index (χ3v) is 4.16. The monoisotopic (exact) mass is 312 g/mol. The fourth-order valence-corrected chi connectivity index (χ4v) is 2.93. The first-order valence-corrected chi connectivity index (χ1v) is 7.92. The van der Waals surface area contributed by atoms with Crippen molar-refractivity contribution in [3.63, 3.8) is 0 Å². The molecule has 1 amide bonds. The van der Waals surface area contributed by atoms with Gasteiger partial charge in [0.15, 0.2) is 5.69 Å². The minimum Gasteiger partial charge on any atom is -0.338 e. The third-order valence-electron chi connectivity index (χ3n) is 4.16. The van der Waals surface area contributed by atoms with Crippen LogP contribution in [0.4, 0.5) is 0 Å². The molecule has 3 rings (SSSR count). The van der Waals surface area contributed by atoms with Crippen molar-refractivity contribution in [2.45, 2.75) is 27.3 Å². The maximum atomic E-state index is 12.7. The number of para-hydroxylation sites is 2. The Balaban J connectivity index is 2.32. The molecule has 1 aromatic carbocycles. The van der Waals surface area contributed by atoms with Crippen LogP contribution in [0.5, 0.6) is 0 Å². The number of hydrogen-bond donors (Lipinski definition) is 0. The first-order chi connectivity index (χ1) is 11.1. The maximum Gasteiger partial charge on any atom is 0.277 e. The summed E-state index contributed by atoms with van der Waals surface area (Å²) in [6.45, 7) is 7.59. The molecule has 0 aliphatic heterocycles. The normalized spacial score (nSPS) is 11.3. The van der Waals surface area contributed by atoms with Crippen molar-refractivity contribution in [2.24, 2.45) is 0 Å². The number of hydrogen-bond acceptors (Lipinski definition) is 3. The van der Waals surface area contributed by atoms with Gasteiger partial charge < -0.3 is 9.47 Å². The van der Waals surface area contributed by atoms with E-state index in [2.05, 4.69) is 5.10 Å². The lowest BCUT2D eigenvalue weighted by atomic mass is 10.2. The Kier molecular flexibility index (Phi) is 3.90. The number of carbonyl (C=O) groups excluding carboxylic acids is 1. The van der Waals surface area contributed by atoms with E-state index in [9.17, 15) is 9.59 Å². The van der Waals surface area contributed by atoms with Crippen molar-refractivity contribution < 1.29 is 4.79 Å². The van der Waals surface area contributed by atoms with Crippen molar-refractivity contribution in [1.82, 2.24) is 19.1 Å². The Bertz CT molecular complexity index is 935. The second-order valence-electron chi connectivity index (χ2n) is 5.34. The van der Waals surface area contributed by atoms with Crippen LogP contribution >= 0.6 is 0 Å². The lowest BCUT2D eigenvalue weighted by Gasteiger charge is -2.16. The van der Waals surface area contributed by atoms with Crippen LogP contribution in [0.15, 0.2) is 35.1 Å². The van der Waals surface area contributed by atoms with Gasteiger partial charge in [-0.25, -0.2) is 4.52 Å². The number of fused-ring (bicyclic) bond motifs is 3. The molecule has 6 nitrogen and oxygen atoms in total. The van der Waals surface area contributed by atoms with Gasteiger partial charge in [-0.1, -0.05) is 12.1 Å². The van der Waals surface area contributed by atoms with Crippen LogP contribution < -0.4 is 5.56 Å². The van der Waals surface area contributed by atoms with E-state index in [0.717, 1.165) is 11.0 Å². The number of amides is 1. The predicted molar refractivity (Wildman–Crippen MR) is 89.9 cm³/mol. The molecule has 0 saturated carbocycles. The summed E-state index contributed by atoms with van der Waals surface area (Å²) in [5.74, 6) is -0.148. The molecule has 6 heteroatoms.